The lowest BCUT2D eigenvalue weighted by molar-refractivity contribution is -0.126. The summed E-state index contributed by atoms with van der Waals surface area (Å²) in [5.74, 6) is 4.62. The van der Waals surface area contributed by atoms with E-state index in [4.69, 9.17) is 5.73 Å². The first-order chi connectivity index (χ1) is 8.26. The van der Waals surface area contributed by atoms with Gasteiger partial charge in [-0.25, -0.2) is 0 Å². The van der Waals surface area contributed by atoms with Crippen molar-refractivity contribution in [3.8, 4) is 0 Å². The fraction of sp³-hybridized carbons (Fsp3) is 0.929. The maximum Gasteiger partial charge on any atom is 0.220 e. The van der Waals surface area contributed by atoms with Gasteiger partial charge in [0.1, 0.15) is 0 Å². The number of nitrogens with two attached hydrogens (primary N) is 1. The molecule has 0 aromatic carbocycles. The molecule has 4 aliphatic rings. The molecule has 0 spiro atoms. The van der Waals surface area contributed by atoms with Crippen LogP contribution in [0.4, 0.5) is 0 Å². The fourth-order valence-electron chi connectivity index (χ4n) is 4.87. The van der Waals surface area contributed by atoms with Crippen LogP contribution in [-0.4, -0.2) is 19.0 Å². The van der Waals surface area contributed by atoms with E-state index in [0.29, 0.717) is 19.0 Å². The highest BCUT2D eigenvalue weighted by atomic mass is 16.1. The minimum absolute atomic E-state index is 0.230. The van der Waals surface area contributed by atoms with Crippen LogP contribution in [0, 0.1) is 29.6 Å². The van der Waals surface area contributed by atoms with Crippen molar-refractivity contribution in [3.63, 3.8) is 0 Å². The molecule has 1 amide bonds. The SMILES string of the molecule is NCCNC(=O)CC1C2CC3CC(C2)CC1C3. The van der Waals surface area contributed by atoms with Gasteiger partial charge in [-0.3, -0.25) is 4.79 Å². The van der Waals surface area contributed by atoms with Crippen molar-refractivity contribution in [2.75, 3.05) is 13.1 Å². The van der Waals surface area contributed by atoms with Gasteiger partial charge in [-0.2, -0.15) is 0 Å². The largest absolute Gasteiger partial charge is 0.355 e. The highest BCUT2D eigenvalue weighted by Crippen LogP contribution is 2.57. The molecular weight excluding hydrogens is 212 g/mol. The molecule has 0 atom stereocenters. The van der Waals surface area contributed by atoms with Crippen molar-refractivity contribution in [2.45, 2.75) is 38.5 Å². The molecule has 4 fully saturated rings. The van der Waals surface area contributed by atoms with E-state index in [0.717, 1.165) is 30.1 Å². The second-order valence-corrected chi connectivity index (χ2v) is 6.44. The third-order valence-corrected chi connectivity index (χ3v) is 5.31. The Balaban J connectivity index is 1.58. The number of hydrogen-bond acceptors (Lipinski definition) is 2. The standard InChI is InChI=1S/C14H24N2O/c15-1-2-16-14(17)8-13-11-4-9-3-10(6-11)7-12(13)5-9/h9-13H,1-8,15H2,(H,16,17). The van der Waals surface area contributed by atoms with Gasteiger partial charge in [-0.05, 0) is 61.7 Å². The molecule has 0 saturated heterocycles. The predicted molar refractivity (Wildman–Crippen MR) is 67.2 cm³/mol. The maximum absolute atomic E-state index is 11.8. The summed E-state index contributed by atoms with van der Waals surface area (Å²) in [5, 5.41) is 2.93. The smallest absolute Gasteiger partial charge is 0.220 e. The third-order valence-electron chi connectivity index (χ3n) is 5.31. The van der Waals surface area contributed by atoms with Crippen molar-refractivity contribution in [1.82, 2.24) is 5.32 Å². The van der Waals surface area contributed by atoms with Gasteiger partial charge in [0, 0.05) is 19.5 Å². The van der Waals surface area contributed by atoms with E-state index in [9.17, 15) is 4.79 Å². The Morgan fingerprint density at radius 1 is 1.06 bits per heavy atom. The minimum Gasteiger partial charge on any atom is -0.355 e. The zero-order valence-corrected chi connectivity index (χ0v) is 10.5. The summed E-state index contributed by atoms with van der Waals surface area (Å²) in [6.45, 7) is 1.18. The topological polar surface area (TPSA) is 55.1 Å². The van der Waals surface area contributed by atoms with Gasteiger partial charge in [-0.1, -0.05) is 0 Å². The normalized spacial score (nSPS) is 42.8. The number of amides is 1. The van der Waals surface area contributed by atoms with E-state index in [1.165, 1.54) is 32.1 Å². The first-order valence-corrected chi connectivity index (χ1v) is 7.23. The van der Waals surface area contributed by atoms with Crippen molar-refractivity contribution in [3.05, 3.63) is 0 Å². The first kappa shape index (κ1) is 11.5. The molecule has 4 aliphatic carbocycles. The van der Waals surface area contributed by atoms with Crippen molar-refractivity contribution >= 4 is 5.91 Å². The second kappa shape index (κ2) is 4.60. The summed E-state index contributed by atoms with van der Waals surface area (Å²) in [6, 6.07) is 0. The lowest BCUT2D eigenvalue weighted by atomic mass is 9.51. The van der Waals surface area contributed by atoms with Crippen LogP contribution in [0.5, 0.6) is 0 Å². The number of hydrogen-bond donors (Lipinski definition) is 2. The molecule has 3 N–H and O–H groups in total. The Hall–Kier alpha value is -0.570. The Morgan fingerprint density at radius 3 is 2.18 bits per heavy atom. The molecule has 0 aliphatic heterocycles. The molecule has 4 saturated carbocycles. The third kappa shape index (κ3) is 2.22. The van der Waals surface area contributed by atoms with Gasteiger partial charge in [0.25, 0.3) is 0 Å². The molecule has 96 valence electrons. The highest BCUT2D eigenvalue weighted by Gasteiger charge is 2.48. The molecule has 3 nitrogen and oxygen atoms in total. The van der Waals surface area contributed by atoms with Gasteiger partial charge in [0.05, 0.1) is 0 Å². The molecule has 0 unspecified atom stereocenters. The summed E-state index contributed by atoms with van der Waals surface area (Å²) in [7, 11) is 0. The van der Waals surface area contributed by atoms with E-state index >= 15 is 0 Å². The maximum atomic E-state index is 11.8. The fourth-order valence-corrected chi connectivity index (χ4v) is 4.87. The number of nitrogens with one attached hydrogen (secondary N) is 1. The molecular formula is C14H24N2O. The van der Waals surface area contributed by atoms with Gasteiger partial charge >= 0.3 is 0 Å². The number of carbonyl (C=O) groups excluding carboxylic acids is 1. The van der Waals surface area contributed by atoms with Crippen LogP contribution in [0.1, 0.15) is 38.5 Å². The van der Waals surface area contributed by atoms with E-state index in [1.807, 2.05) is 0 Å². The van der Waals surface area contributed by atoms with Crippen LogP contribution in [0.3, 0.4) is 0 Å². The molecule has 4 rings (SSSR count). The average Bonchev–Trinajstić information content (AvgIpc) is 2.30. The van der Waals surface area contributed by atoms with Gasteiger partial charge in [0.15, 0.2) is 0 Å². The summed E-state index contributed by atoms with van der Waals surface area (Å²) < 4.78 is 0. The molecule has 17 heavy (non-hydrogen) atoms. The zero-order valence-electron chi connectivity index (χ0n) is 10.5. The summed E-state index contributed by atoms with van der Waals surface area (Å²) in [5.41, 5.74) is 5.41. The van der Waals surface area contributed by atoms with Crippen LogP contribution < -0.4 is 11.1 Å². The Labute approximate surface area is 104 Å². The monoisotopic (exact) mass is 236 g/mol. The average molecular weight is 236 g/mol. The lowest BCUT2D eigenvalue weighted by Crippen LogP contribution is -2.46. The molecule has 0 aromatic heterocycles. The zero-order chi connectivity index (χ0) is 11.8. The first-order valence-electron chi connectivity index (χ1n) is 7.23. The summed E-state index contributed by atoms with van der Waals surface area (Å²) in [4.78, 5) is 11.8. The van der Waals surface area contributed by atoms with Crippen molar-refractivity contribution in [2.24, 2.45) is 35.3 Å². The number of rotatable bonds is 4. The second-order valence-electron chi connectivity index (χ2n) is 6.44. The Bertz CT molecular complexity index is 275. The molecule has 4 bridgehead atoms. The van der Waals surface area contributed by atoms with Crippen LogP contribution in [-0.2, 0) is 4.79 Å². The predicted octanol–water partition coefficient (Wildman–Crippen LogP) is 1.52. The summed E-state index contributed by atoms with van der Waals surface area (Å²) >= 11 is 0. The molecule has 3 heteroatoms. The van der Waals surface area contributed by atoms with Gasteiger partial charge in [0.2, 0.25) is 5.91 Å². The Morgan fingerprint density at radius 2 is 1.65 bits per heavy atom. The van der Waals surface area contributed by atoms with Crippen LogP contribution >= 0.6 is 0 Å². The molecule has 0 radical (unpaired) electrons. The van der Waals surface area contributed by atoms with Gasteiger partial charge in [-0.15, -0.1) is 0 Å². The quantitative estimate of drug-likeness (QED) is 0.777. The minimum atomic E-state index is 0.230. The van der Waals surface area contributed by atoms with Gasteiger partial charge < -0.3 is 11.1 Å². The van der Waals surface area contributed by atoms with E-state index in [1.54, 1.807) is 0 Å². The van der Waals surface area contributed by atoms with Crippen molar-refractivity contribution < 1.29 is 4.79 Å². The van der Waals surface area contributed by atoms with Crippen molar-refractivity contribution in [1.29, 1.82) is 0 Å². The van der Waals surface area contributed by atoms with E-state index < -0.39 is 0 Å². The molecule has 0 heterocycles. The van der Waals surface area contributed by atoms with Crippen LogP contribution in [0.15, 0.2) is 0 Å². The Kier molecular flexibility index (Phi) is 3.12. The highest BCUT2D eigenvalue weighted by molar-refractivity contribution is 5.76. The molecule has 0 aromatic rings. The summed E-state index contributed by atoms with van der Waals surface area (Å²) in [6.07, 6.45) is 7.86. The van der Waals surface area contributed by atoms with E-state index in [-0.39, 0.29) is 5.91 Å². The lowest BCUT2D eigenvalue weighted by Gasteiger charge is -2.54. The van der Waals surface area contributed by atoms with E-state index in [2.05, 4.69) is 5.32 Å². The number of carbonyl (C=O) groups is 1. The van der Waals surface area contributed by atoms with Crippen LogP contribution in [0.2, 0.25) is 0 Å². The van der Waals surface area contributed by atoms with Crippen LogP contribution in [0.25, 0.3) is 0 Å².